The van der Waals surface area contributed by atoms with Crippen molar-refractivity contribution in [3.63, 3.8) is 0 Å². The van der Waals surface area contributed by atoms with E-state index in [1.807, 2.05) is 0 Å². The fraction of sp³-hybridized carbons (Fsp3) is 0.375. The lowest BCUT2D eigenvalue weighted by Crippen LogP contribution is -2.35. The van der Waals surface area contributed by atoms with Gasteiger partial charge in [-0.1, -0.05) is 50.0 Å². The number of hydrogen-bond donors (Lipinski definition) is 2. The molecule has 0 saturated heterocycles. The zero-order chi connectivity index (χ0) is 26.8. The van der Waals surface area contributed by atoms with E-state index in [0.29, 0.717) is 0 Å². The Bertz CT molecular complexity index is 1120. The van der Waals surface area contributed by atoms with Crippen LogP contribution < -0.4 is 10.1 Å². The second-order valence-electron chi connectivity index (χ2n) is 3.47. The number of hydrogen-bond acceptors (Lipinski definition) is 3. The van der Waals surface area contributed by atoms with Crippen LogP contribution in [0.2, 0.25) is 0 Å². The van der Waals surface area contributed by atoms with E-state index in [1.54, 1.807) is 5.32 Å². The molecule has 0 aliphatic heterocycles. The van der Waals surface area contributed by atoms with Crippen molar-refractivity contribution in [1.82, 2.24) is 5.32 Å². The molecule has 0 aliphatic carbocycles. The molecule has 2 atom stereocenters. The van der Waals surface area contributed by atoms with E-state index >= 15 is 0 Å². The van der Waals surface area contributed by atoms with Crippen molar-refractivity contribution < 1.29 is 30.4 Å². The Morgan fingerprint density at radius 1 is 1.42 bits per heavy atom. The molecular weight excluding hydrogens is 238 g/mol. The average molecular weight is 274 g/mol. The fourth-order valence-electron chi connectivity index (χ4n) is 1.19. The lowest BCUT2D eigenvalue weighted by Gasteiger charge is -2.15. The molecule has 0 saturated carbocycles. The minimum absolute atomic E-state index is 0.547. The van der Waals surface area contributed by atoms with E-state index in [4.69, 9.17) is 25.3 Å². The molecule has 0 aliphatic rings. The summed E-state index contributed by atoms with van der Waals surface area (Å²) in [5.74, 6) is -0.952. The van der Waals surface area contributed by atoms with Crippen LogP contribution >= 0.6 is 0 Å². The van der Waals surface area contributed by atoms with E-state index < -0.39 is 90.8 Å². The summed E-state index contributed by atoms with van der Waals surface area (Å²) in [5.41, 5.74) is 0. The van der Waals surface area contributed by atoms with Crippen LogP contribution in [0, 0.1) is 0 Å². The highest BCUT2D eigenvalue weighted by atomic mass is 16.5. The minimum atomic E-state index is -3.48. The summed E-state index contributed by atoms with van der Waals surface area (Å²) >= 11 is 0. The summed E-state index contributed by atoms with van der Waals surface area (Å²) in [7, 11) is 0. The second kappa shape index (κ2) is 6.55. The Hall–Kier alpha value is -1.58. The normalized spacial score (nSPS) is 29.5. The first kappa shape index (κ1) is 4.21. The molecule has 0 bridgehead atoms. The number of aliphatic hydroxyl groups excluding tert-OH is 1. The predicted octanol–water partition coefficient (Wildman–Crippen LogP) is 2.58. The number of rotatable bonds is 6. The molecule has 2 aromatic carbocycles. The first-order chi connectivity index (χ1) is 15.1. The minimum Gasteiger partial charge on any atom is -0.490 e. The van der Waals surface area contributed by atoms with E-state index in [0.717, 1.165) is 6.92 Å². The van der Waals surface area contributed by atoms with Gasteiger partial charge in [-0.3, -0.25) is 0 Å². The number of benzene rings is 2. The molecule has 2 unspecified atom stereocenters. The quantitative estimate of drug-likeness (QED) is 0.850. The second-order valence-corrected chi connectivity index (χ2v) is 3.47. The van der Waals surface area contributed by atoms with Gasteiger partial charge in [0.05, 0.1) is 12.3 Å². The van der Waals surface area contributed by atoms with Gasteiger partial charge in [0, 0.05) is 26.1 Å². The summed E-state index contributed by atoms with van der Waals surface area (Å²) < 4.78 is 122. The number of fused-ring (bicyclic) bond motifs is 1. The molecule has 102 valence electrons. The number of ether oxygens (including phenoxy) is 1. The van der Waals surface area contributed by atoms with Crippen molar-refractivity contribution in [2.75, 3.05) is 13.1 Å². The van der Waals surface area contributed by atoms with Crippen molar-refractivity contribution in [3.05, 3.63) is 42.3 Å². The van der Waals surface area contributed by atoms with Gasteiger partial charge >= 0.3 is 0 Å². The lowest BCUT2D eigenvalue weighted by molar-refractivity contribution is 0.105. The maximum atomic E-state index is 10.4. The molecule has 2 rings (SSSR count). The van der Waals surface area contributed by atoms with Crippen LogP contribution in [0.1, 0.15) is 34.3 Å². The lowest BCUT2D eigenvalue weighted by atomic mass is 10.1. The zero-order valence-corrected chi connectivity index (χ0v) is 9.93. The third-order valence-electron chi connectivity index (χ3n) is 1.95. The standard InChI is InChI=1S/C16H21NO2/c1-12(2)17-10-14(18)11-19-16-9-5-7-13-6-3-4-8-15(13)16/h3-9,12,14,17-18H,10-11H2,1-2H3/i1D3,3D,4D,5D,6D,7D,8D,9D,10D2,11D2,12D. The van der Waals surface area contributed by atoms with Crippen molar-refractivity contribution in [1.29, 1.82) is 0 Å². The molecule has 0 heterocycles. The van der Waals surface area contributed by atoms with Crippen LogP contribution in [-0.4, -0.2) is 30.3 Å². The highest BCUT2D eigenvalue weighted by Crippen LogP contribution is 2.25. The molecule has 19 heavy (non-hydrogen) atoms. The van der Waals surface area contributed by atoms with E-state index in [1.165, 1.54) is 0 Å². The summed E-state index contributed by atoms with van der Waals surface area (Å²) in [6.07, 6.45) is -2.83. The topological polar surface area (TPSA) is 41.5 Å². The van der Waals surface area contributed by atoms with Gasteiger partial charge < -0.3 is 15.2 Å². The Balaban J connectivity index is 2.68. The van der Waals surface area contributed by atoms with Gasteiger partial charge in [-0.15, -0.1) is 0 Å². The van der Waals surface area contributed by atoms with Gasteiger partial charge in [0.25, 0.3) is 0 Å². The molecule has 0 amide bonds. The summed E-state index contributed by atoms with van der Waals surface area (Å²) in [4.78, 5) is 0. The summed E-state index contributed by atoms with van der Waals surface area (Å²) in [6.45, 7) is -9.06. The van der Waals surface area contributed by atoms with Gasteiger partial charge in [0.1, 0.15) is 18.4 Å². The maximum Gasteiger partial charge on any atom is 0.127 e. The molecule has 2 aromatic rings. The van der Waals surface area contributed by atoms with Gasteiger partial charge in [-0.05, 0) is 11.4 Å². The Morgan fingerprint density at radius 3 is 3.05 bits per heavy atom. The van der Waals surface area contributed by atoms with Crippen LogP contribution in [0.25, 0.3) is 10.8 Å². The van der Waals surface area contributed by atoms with E-state index in [-0.39, 0.29) is 0 Å². The van der Waals surface area contributed by atoms with Crippen LogP contribution in [0.15, 0.2) is 42.3 Å². The molecular formula is C16H21NO2. The summed E-state index contributed by atoms with van der Waals surface area (Å²) in [6, 6.07) is -8.38. The molecule has 0 fully saturated rings. The van der Waals surface area contributed by atoms with E-state index in [9.17, 15) is 5.11 Å². The fourth-order valence-corrected chi connectivity index (χ4v) is 1.19. The van der Waals surface area contributed by atoms with E-state index in [2.05, 4.69) is 0 Å². The monoisotopic (exact) mass is 274 g/mol. The van der Waals surface area contributed by atoms with Crippen molar-refractivity contribution in [3.8, 4) is 5.75 Å². The molecule has 0 radical (unpaired) electrons. The highest BCUT2D eigenvalue weighted by Gasteiger charge is 2.07. The molecule has 3 nitrogen and oxygen atoms in total. The Morgan fingerprint density at radius 2 is 2.21 bits per heavy atom. The van der Waals surface area contributed by atoms with Crippen molar-refractivity contribution >= 4 is 10.8 Å². The molecule has 2 N–H and O–H groups in total. The van der Waals surface area contributed by atoms with Crippen LogP contribution in [0.4, 0.5) is 0 Å². The van der Waals surface area contributed by atoms with Gasteiger partial charge in [-0.25, -0.2) is 0 Å². The predicted molar refractivity (Wildman–Crippen MR) is 78.6 cm³/mol. The van der Waals surface area contributed by atoms with Crippen LogP contribution in [0.5, 0.6) is 5.75 Å². The highest BCUT2D eigenvalue weighted by molar-refractivity contribution is 5.88. The first-order valence-corrected chi connectivity index (χ1v) is 5.24. The third kappa shape index (κ3) is 3.94. The number of aliphatic hydroxyl groups is 1. The first-order valence-electron chi connectivity index (χ1n) is 12.7. The maximum absolute atomic E-state index is 10.4. The van der Waals surface area contributed by atoms with Crippen molar-refractivity contribution in [2.24, 2.45) is 0 Å². The molecule has 0 aromatic heterocycles. The van der Waals surface area contributed by atoms with Crippen molar-refractivity contribution in [2.45, 2.75) is 25.9 Å². The smallest absolute Gasteiger partial charge is 0.127 e. The average Bonchev–Trinajstić information content (AvgIpc) is 2.68. The Labute approximate surface area is 135 Å². The van der Waals surface area contributed by atoms with Gasteiger partial charge in [0.2, 0.25) is 0 Å². The summed E-state index contributed by atoms with van der Waals surface area (Å²) in [5, 5.41) is 10.9. The SMILES string of the molecule is [2H]c1c([2H])c([2H])c2c(OC([2H])([2H])C(O)C([2H])([2H])NC([2H])(C)C([2H])([2H])[2H])c([2H])c([2H])c([2H])c2c1[2H]. The molecule has 3 heteroatoms. The van der Waals surface area contributed by atoms with Crippen LogP contribution in [0.3, 0.4) is 0 Å². The van der Waals surface area contributed by atoms with Gasteiger partial charge in [-0.2, -0.15) is 0 Å². The Kier molecular flexibility index (Phi) is 1.45. The third-order valence-corrected chi connectivity index (χ3v) is 1.95. The molecule has 0 spiro atoms. The van der Waals surface area contributed by atoms with Crippen LogP contribution in [-0.2, 0) is 0 Å². The van der Waals surface area contributed by atoms with Gasteiger partial charge in [0.15, 0.2) is 0 Å². The zero-order valence-electron chi connectivity index (χ0n) is 24.9. The largest absolute Gasteiger partial charge is 0.490 e. The number of nitrogens with one attached hydrogen (secondary N) is 1.